The van der Waals surface area contributed by atoms with E-state index < -0.39 is 35.2 Å². The van der Waals surface area contributed by atoms with Gasteiger partial charge in [-0.15, -0.1) is 0 Å². The Balaban J connectivity index is 2.11. The molecule has 0 spiro atoms. The predicted molar refractivity (Wildman–Crippen MR) is 130 cm³/mol. The summed E-state index contributed by atoms with van der Waals surface area (Å²) >= 11 is 0. The molecule has 7 heteroatoms. The summed E-state index contributed by atoms with van der Waals surface area (Å²) in [6.07, 6.45) is -0.234. The van der Waals surface area contributed by atoms with Crippen molar-refractivity contribution in [3.8, 4) is 11.1 Å². The van der Waals surface area contributed by atoms with Crippen LogP contribution in [0.3, 0.4) is 0 Å². The van der Waals surface area contributed by atoms with Gasteiger partial charge < -0.3 is 20.1 Å². The predicted octanol–water partition coefficient (Wildman–Crippen LogP) is 4.03. The van der Waals surface area contributed by atoms with Gasteiger partial charge in [-0.05, 0) is 48.9 Å². The first kappa shape index (κ1) is 25.3. The monoisotopic (exact) mass is 466 g/mol. The fraction of sp³-hybridized carbons (Fsp3) is 0.444. The number of benzene rings is 2. The average molecular weight is 467 g/mol. The molecule has 34 heavy (non-hydrogen) atoms. The van der Waals surface area contributed by atoms with Gasteiger partial charge in [-0.3, -0.25) is 4.79 Å². The normalized spacial score (nSPS) is 15.3. The Morgan fingerprint density at radius 3 is 1.85 bits per heavy atom. The lowest BCUT2D eigenvalue weighted by Crippen LogP contribution is -2.64. The number of esters is 1. The fourth-order valence-corrected chi connectivity index (χ4v) is 4.30. The van der Waals surface area contributed by atoms with E-state index in [2.05, 4.69) is 10.6 Å². The first-order chi connectivity index (χ1) is 16.0. The van der Waals surface area contributed by atoms with Crippen LogP contribution in [-0.4, -0.2) is 42.3 Å². The standard InChI is InChI=1S/C27H34N2O5/c1-17(2)22(23(30)33-6)28-24(31)27(29-25(32)34-26(3,4)5)15-18-11-7-9-13-20(18)21-14-10-8-12-19(21)16-27/h7-14,17,22H,15-16H2,1-6H3,(H,28,31)(H,29,32)/t22-/m0/s1. The summed E-state index contributed by atoms with van der Waals surface area (Å²) in [6.45, 7) is 8.95. The first-order valence-electron chi connectivity index (χ1n) is 11.5. The summed E-state index contributed by atoms with van der Waals surface area (Å²) in [5.41, 5.74) is 1.72. The Kier molecular flexibility index (Phi) is 7.34. The maximum absolute atomic E-state index is 13.9. The second-order valence-electron chi connectivity index (χ2n) is 10.1. The Hall–Kier alpha value is -3.35. The minimum Gasteiger partial charge on any atom is -0.467 e. The number of ether oxygens (including phenoxy) is 2. The van der Waals surface area contributed by atoms with Crippen LogP contribution >= 0.6 is 0 Å². The second-order valence-corrected chi connectivity index (χ2v) is 10.1. The van der Waals surface area contributed by atoms with Gasteiger partial charge in [-0.25, -0.2) is 9.59 Å². The van der Waals surface area contributed by atoms with Crippen LogP contribution in [0.5, 0.6) is 0 Å². The lowest BCUT2D eigenvalue weighted by molar-refractivity contribution is -0.147. The minimum absolute atomic E-state index is 0.208. The zero-order valence-electron chi connectivity index (χ0n) is 20.7. The van der Waals surface area contributed by atoms with Gasteiger partial charge >= 0.3 is 12.1 Å². The Bertz CT molecular complexity index is 1020. The molecule has 2 aromatic rings. The van der Waals surface area contributed by atoms with E-state index >= 15 is 0 Å². The van der Waals surface area contributed by atoms with Gasteiger partial charge in [0, 0.05) is 12.8 Å². The number of rotatable bonds is 5. The molecule has 182 valence electrons. The largest absolute Gasteiger partial charge is 0.467 e. The van der Waals surface area contributed by atoms with E-state index in [0.717, 1.165) is 22.3 Å². The van der Waals surface area contributed by atoms with Crippen LogP contribution in [0.4, 0.5) is 4.79 Å². The van der Waals surface area contributed by atoms with Crippen LogP contribution < -0.4 is 10.6 Å². The molecule has 0 saturated carbocycles. The number of carbonyl (C=O) groups excluding carboxylic acids is 3. The van der Waals surface area contributed by atoms with Crippen molar-refractivity contribution >= 4 is 18.0 Å². The van der Waals surface area contributed by atoms with Crippen molar-refractivity contribution in [3.63, 3.8) is 0 Å². The van der Waals surface area contributed by atoms with E-state index in [-0.39, 0.29) is 18.8 Å². The summed E-state index contributed by atoms with van der Waals surface area (Å²) in [6, 6.07) is 14.8. The van der Waals surface area contributed by atoms with Crippen molar-refractivity contribution in [2.75, 3.05) is 7.11 Å². The van der Waals surface area contributed by atoms with Gasteiger partial charge in [0.25, 0.3) is 0 Å². The zero-order valence-corrected chi connectivity index (χ0v) is 20.7. The number of nitrogens with one attached hydrogen (secondary N) is 2. The van der Waals surface area contributed by atoms with E-state index in [9.17, 15) is 14.4 Å². The lowest BCUT2D eigenvalue weighted by atomic mass is 9.85. The van der Waals surface area contributed by atoms with E-state index in [0.29, 0.717) is 0 Å². The number of methoxy groups -OCH3 is 1. The van der Waals surface area contributed by atoms with Crippen LogP contribution in [0.15, 0.2) is 48.5 Å². The van der Waals surface area contributed by atoms with Crippen molar-refractivity contribution in [2.45, 2.75) is 64.6 Å². The molecule has 1 aliphatic rings. The first-order valence-corrected chi connectivity index (χ1v) is 11.5. The molecule has 1 atom stereocenters. The van der Waals surface area contributed by atoms with Crippen LogP contribution in [0.2, 0.25) is 0 Å². The topological polar surface area (TPSA) is 93.7 Å². The summed E-state index contributed by atoms with van der Waals surface area (Å²) < 4.78 is 10.4. The van der Waals surface area contributed by atoms with Crippen molar-refractivity contribution in [3.05, 3.63) is 59.7 Å². The average Bonchev–Trinajstić information content (AvgIpc) is 2.89. The molecule has 7 nitrogen and oxygen atoms in total. The zero-order chi connectivity index (χ0) is 25.1. The molecule has 0 saturated heterocycles. The molecule has 2 amide bonds. The Morgan fingerprint density at radius 2 is 1.41 bits per heavy atom. The van der Waals surface area contributed by atoms with Crippen molar-refractivity contribution < 1.29 is 23.9 Å². The highest BCUT2D eigenvalue weighted by molar-refractivity contribution is 5.95. The number of carbonyl (C=O) groups is 3. The molecule has 2 N–H and O–H groups in total. The molecule has 0 unspecified atom stereocenters. The third-order valence-corrected chi connectivity index (χ3v) is 5.89. The van der Waals surface area contributed by atoms with Gasteiger partial charge in [-0.2, -0.15) is 0 Å². The number of alkyl carbamates (subject to hydrolysis) is 1. The Morgan fingerprint density at radius 1 is 0.912 bits per heavy atom. The van der Waals surface area contributed by atoms with E-state index in [4.69, 9.17) is 9.47 Å². The van der Waals surface area contributed by atoms with Gasteiger partial charge in [-0.1, -0.05) is 62.4 Å². The maximum atomic E-state index is 13.9. The third kappa shape index (κ3) is 5.58. The number of amides is 2. The molecular formula is C27H34N2O5. The highest BCUT2D eigenvalue weighted by Crippen LogP contribution is 2.36. The maximum Gasteiger partial charge on any atom is 0.408 e. The number of hydrogen-bond donors (Lipinski definition) is 2. The molecule has 0 aliphatic heterocycles. The molecule has 0 fully saturated rings. The second kappa shape index (κ2) is 9.87. The number of hydrogen-bond acceptors (Lipinski definition) is 5. The molecule has 0 bridgehead atoms. The van der Waals surface area contributed by atoms with E-state index in [1.54, 1.807) is 20.8 Å². The van der Waals surface area contributed by atoms with Crippen LogP contribution in [0.25, 0.3) is 11.1 Å². The molecular weight excluding hydrogens is 432 g/mol. The minimum atomic E-state index is -1.38. The molecule has 0 radical (unpaired) electrons. The lowest BCUT2D eigenvalue weighted by Gasteiger charge is -2.35. The van der Waals surface area contributed by atoms with Crippen molar-refractivity contribution in [1.82, 2.24) is 10.6 Å². The van der Waals surface area contributed by atoms with Gasteiger partial charge in [0.05, 0.1) is 7.11 Å². The van der Waals surface area contributed by atoms with Crippen molar-refractivity contribution in [2.24, 2.45) is 5.92 Å². The highest BCUT2D eigenvalue weighted by Gasteiger charge is 2.45. The molecule has 0 heterocycles. The SMILES string of the molecule is COC(=O)[C@@H](NC(=O)C1(NC(=O)OC(C)(C)C)Cc2ccccc2-c2ccccc2C1)C(C)C. The van der Waals surface area contributed by atoms with Crippen molar-refractivity contribution in [1.29, 1.82) is 0 Å². The molecule has 2 aromatic carbocycles. The highest BCUT2D eigenvalue weighted by atomic mass is 16.6. The van der Waals surface area contributed by atoms with E-state index in [1.165, 1.54) is 7.11 Å². The summed E-state index contributed by atoms with van der Waals surface area (Å²) in [4.78, 5) is 39.3. The summed E-state index contributed by atoms with van der Waals surface area (Å²) in [5, 5.41) is 5.74. The third-order valence-electron chi connectivity index (χ3n) is 5.89. The molecule has 1 aliphatic carbocycles. The van der Waals surface area contributed by atoms with Gasteiger partial charge in [0.1, 0.15) is 17.2 Å². The van der Waals surface area contributed by atoms with Crippen LogP contribution in [0.1, 0.15) is 45.7 Å². The smallest absolute Gasteiger partial charge is 0.408 e. The summed E-state index contributed by atoms with van der Waals surface area (Å²) in [5.74, 6) is -1.21. The van der Waals surface area contributed by atoms with Crippen LogP contribution in [-0.2, 0) is 31.9 Å². The van der Waals surface area contributed by atoms with Gasteiger partial charge in [0.2, 0.25) is 5.91 Å². The molecule has 3 rings (SSSR count). The summed E-state index contributed by atoms with van der Waals surface area (Å²) in [7, 11) is 1.29. The fourth-order valence-electron chi connectivity index (χ4n) is 4.30. The quantitative estimate of drug-likeness (QED) is 0.649. The molecule has 0 aromatic heterocycles. The number of fused-ring (bicyclic) bond motifs is 3. The van der Waals surface area contributed by atoms with Crippen LogP contribution in [0, 0.1) is 5.92 Å². The van der Waals surface area contributed by atoms with E-state index in [1.807, 2.05) is 62.4 Å². The van der Waals surface area contributed by atoms with Gasteiger partial charge in [0.15, 0.2) is 0 Å². The Labute approximate surface area is 201 Å².